The maximum absolute atomic E-state index is 12.4. The van der Waals surface area contributed by atoms with E-state index in [1.165, 1.54) is 64.1 Å². The van der Waals surface area contributed by atoms with Crippen molar-refractivity contribution in [2.75, 3.05) is 7.05 Å². The number of hydrogen-bond donors (Lipinski definition) is 2. The Labute approximate surface area is 150 Å². The molecule has 1 saturated carbocycles. The van der Waals surface area contributed by atoms with Crippen LogP contribution >= 0.6 is 0 Å². The predicted molar refractivity (Wildman–Crippen MR) is 97.0 cm³/mol. The smallest absolute Gasteiger partial charge is 0.287 e. The quantitative estimate of drug-likeness (QED) is 0.848. The molecule has 0 aromatic carbocycles. The van der Waals surface area contributed by atoms with E-state index >= 15 is 0 Å². The normalized spacial score (nSPS) is 18.9. The van der Waals surface area contributed by atoms with E-state index in [2.05, 4.69) is 10.0 Å². The summed E-state index contributed by atoms with van der Waals surface area (Å²) >= 11 is 0. The average molecular weight is 371 g/mol. The van der Waals surface area contributed by atoms with Gasteiger partial charge in [-0.2, -0.15) is 0 Å². The molecule has 1 aliphatic rings. The van der Waals surface area contributed by atoms with E-state index in [4.69, 9.17) is 4.42 Å². The maximum atomic E-state index is 12.4. The van der Waals surface area contributed by atoms with Gasteiger partial charge in [0.15, 0.2) is 5.76 Å². The molecule has 0 saturated heterocycles. The molecule has 1 aromatic heterocycles. The third-order valence-electron chi connectivity index (χ3n) is 4.78. The van der Waals surface area contributed by atoms with Crippen LogP contribution in [-0.4, -0.2) is 27.4 Å². The third-order valence-corrected chi connectivity index (χ3v) is 6.07. The standard InChI is InChI=1S/C18H30N2O4S/c1-19-25(22,23)17-14-13-16(24-17)18(21)20-15-11-9-7-5-3-2-4-6-8-10-12-15/h13-15,19H,2-12H2,1H3,(H,20,21). The van der Waals surface area contributed by atoms with Gasteiger partial charge in [0, 0.05) is 6.04 Å². The molecular weight excluding hydrogens is 340 g/mol. The molecule has 25 heavy (non-hydrogen) atoms. The van der Waals surface area contributed by atoms with E-state index in [-0.39, 0.29) is 22.8 Å². The van der Waals surface area contributed by atoms with Crippen LogP contribution < -0.4 is 10.0 Å². The van der Waals surface area contributed by atoms with Crippen molar-refractivity contribution >= 4 is 15.9 Å². The topological polar surface area (TPSA) is 88.4 Å². The summed E-state index contributed by atoms with van der Waals surface area (Å²) < 4.78 is 30.8. The molecule has 0 aliphatic heterocycles. The summed E-state index contributed by atoms with van der Waals surface area (Å²) in [5.74, 6) is -0.297. The predicted octanol–water partition coefficient (Wildman–Crippen LogP) is 3.59. The monoisotopic (exact) mass is 370 g/mol. The van der Waals surface area contributed by atoms with E-state index in [1.54, 1.807) is 0 Å². The molecule has 6 nitrogen and oxygen atoms in total. The lowest BCUT2D eigenvalue weighted by atomic mass is 9.98. The van der Waals surface area contributed by atoms with Gasteiger partial charge in [-0.3, -0.25) is 4.79 Å². The van der Waals surface area contributed by atoms with Crippen molar-refractivity contribution < 1.29 is 17.6 Å². The minimum atomic E-state index is -3.67. The van der Waals surface area contributed by atoms with Crippen LogP contribution in [0, 0.1) is 0 Å². The fraction of sp³-hybridized carbons (Fsp3) is 0.722. The van der Waals surface area contributed by atoms with Crippen LogP contribution in [0.5, 0.6) is 0 Å². The number of nitrogens with one attached hydrogen (secondary N) is 2. The van der Waals surface area contributed by atoms with Crippen molar-refractivity contribution in [2.45, 2.75) is 81.8 Å². The van der Waals surface area contributed by atoms with E-state index < -0.39 is 10.0 Å². The second kappa shape index (κ2) is 9.97. The van der Waals surface area contributed by atoms with E-state index in [0.717, 1.165) is 25.7 Å². The Balaban J connectivity index is 1.94. The molecule has 7 heteroatoms. The fourth-order valence-electron chi connectivity index (χ4n) is 3.25. The number of carbonyl (C=O) groups excluding carboxylic acids is 1. The van der Waals surface area contributed by atoms with Crippen LogP contribution in [0.3, 0.4) is 0 Å². The second-order valence-corrected chi connectivity index (χ2v) is 8.57. The molecule has 142 valence electrons. The van der Waals surface area contributed by atoms with Crippen molar-refractivity contribution in [3.63, 3.8) is 0 Å². The first kappa shape index (κ1) is 20.0. The van der Waals surface area contributed by atoms with Crippen LogP contribution in [0.4, 0.5) is 0 Å². The van der Waals surface area contributed by atoms with Gasteiger partial charge in [0.05, 0.1) is 0 Å². The summed E-state index contributed by atoms with van der Waals surface area (Å²) in [7, 11) is -2.36. The van der Waals surface area contributed by atoms with Crippen LogP contribution in [0.1, 0.15) is 81.2 Å². The number of amides is 1. The van der Waals surface area contributed by atoms with E-state index in [1.807, 2.05) is 0 Å². The van der Waals surface area contributed by atoms with Crippen LogP contribution in [-0.2, 0) is 10.0 Å². The van der Waals surface area contributed by atoms with E-state index in [0.29, 0.717) is 0 Å². The molecule has 1 heterocycles. The lowest BCUT2D eigenvalue weighted by molar-refractivity contribution is 0.0898. The highest BCUT2D eigenvalue weighted by Gasteiger charge is 2.21. The van der Waals surface area contributed by atoms with Gasteiger partial charge in [-0.1, -0.05) is 57.8 Å². The molecule has 0 atom stereocenters. The fourth-order valence-corrected chi connectivity index (χ4v) is 3.90. The molecule has 0 unspecified atom stereocenters. The molecule has 0 bridgehead atoms. The second-order valence-electron chi connectivity index (χ2n) is 6.76. The van der Waals surface area contributed by atoms with Crippen molar-refractivity contribution in [3.05, 3.63) is 17.9 Å². The largest absolute Gasteiger partial charge is 0.438 e. The van der Waals surface area contributed by atoms with Gasteiger partial charge in [0.25, 0.3) is 15.9 Å². The summed E-state index contributed by atoms with van der Waals surface area (Å²) in [6.45, 7) is 0. The van der Waals surface area contributed by atoms with Gasteiger partial charge in [0.2, 0.25) is 5.09 Å². The van der Waals surface area contributed by atoms with Gasteiger partial charge in [0.1, 0.15) is 0 Å². The van der Waals surface area contributed by atoms with Crippen molar-refractivity contribution in [2.24, 2.45) is 0 Å². The van der Waals surface area contributed by atoms with Crippen LogP contribution in [0.25, 0.3) is 0 Å². The van der Waals surface area contributed by atoms with Gasteiger partial charge < -0.3 is 9.73 Å². The highest BCUT2D eigenvalue weighted by Crippen LogP contribution is 2.18. The Morgan fingerprint density at radius 1 is 0.960 bits per heavy atom. The molecule has 2 rings (SSSR count). The first-order chi connectivity index (χ1) is 12.0. The molecule has 1 aromatic rings. The Bertz CT molecular complexity index is 627. The van der Waals surface area contributed by atoms with Gasteiger partial charge >= 0.3 is 0 Å². The zero-order chi connectivity index (χ0) is 18.1. The highest BCUT2D eigenvalue weighted by atomic mass is 32.2. The summed E-state index contributed by atoms with van der Waals surface area (Å²) in [5, 5.41) is 2.78. The minimum absolute atomic E-state index is 0.0416. The highest BCUT2D eigenvalue weighted by molar-refractivity contribution is 7.89. The number of sulfonamides is 1. The molecule has 1 amide bonds. The lowest BCUT2D eigenvalue weighted by Gasteiger charge is -2.19. The Hall–Kier alpha value is -1.34. The lowest BCUT2D eigenvalue weighted by Crippen LogP contribution is -2.34. The Kier molecular flexibility index (Phi) is 7.96. The number of rotatable bonds is 4. The molecular formula is C18H30N2O4S. The number of carbonyl (C=O) groups is 1. The first-order valence-corrected chi connectivity index (χ1v) is 10.9. The molecule has 1 fully saturated rings. The Morgan fingerprint density at radius 3 is 2.00 bits per heavy atom. The van der Waals surface area contributed by atoms with Crippen molar-refractivity contribution in [1.82, 2.24) is 10.0 Å². The number of furan rings is 1. The SMILES string of the molecule is CNS(=O)(=O)c1ccc(C(=O)NC2CCCCCCCCCCC2)o1. The number of hydrogen-bond acceptors (Lipinski definition) is 4. The maximum Gasteiger partial charge on any atom is 0.287 e. The minimum Gasteiger partial charge on any atom is -0.438 e. The molecule has 0 radical (unpaired) electrons. The molecule has 1 aliphatic carbocycles. The van der Waals surface area contributed by atoms with Crippen molar-refractivity contribution in [3.8, 4) is 0 Å². The summed E-state index contributed by atoms with van der Waals surface area (Å²) in [6, 6.07) is 2.85. The third kappa shape index (κ3) is 6.47. The average Bonchev–Trinajstić information content (AvgIpc) is 3.08. The Morgan fingerprint density at radius 2 is 1.48 bits per heavy atom. The van der Waals surface area contributed by atoms with Crippen LogP contribution in [0.2, 0.25) is 0 Å². The van der Waals surface area contributed by atoms with E-state index in [9.17, 15) is 13.2 Å². The van der Waals surface area contributed by atoms with Crippen LogP contribution in [0.15, 0.2) is 21.6 Å². The van der Waals surface area contributed by atoms with Gasteiger partial charge in [-0.05, 0) is 32.0 Å². The van der Waals surface area contributed by atoms with Crippen molar-refractivity contribution in [1.29, 1.82) is 0 Å². The zero-order valence-electron chi connectivity index (χ0n) is 15.1. The summed E-state index contributed by atoms with van der Waals surface area (Å²) in [5.41, 5.74) is 0. The molecule has 2 N–H and O–H groups in total. The van der Waals surface area contributed by atoms with Gasteiger partial charge in [-0.15, -0.1) is 0 Å². The zero-order valence-corrected chi connectivity index (χ0v) is 15.9. The first-order valence-electron chi connectivity index (χ1n) is 9.37. The van der Waals surface area contributed by atoms with Gasteiger partial charge in [-0.25, -0.2) is 13.1 Å². The summed E-state index contributed by atoms with van der Waals surface area (Å²) in [4.78, 5) is 12.4. The molecule has 0 spiro atoms. The summed E-state index contributed by atoms with van der Waals surface area (Å²) in [6.07, 6.45) is 13.1.